The molecule has 6 heteroatoms. The summed E-state index contributed by atoms with van der Waals surface area (Å²) in [6.07, 6.45) is 4.85. The summed E-state index contributed by atoms with van der Waals surface area (Å²) < 4.78 is 0. The van der Waals surface area contributed by atoms with Crippen molar-refractivity contribution in [2.24, 2.45) is 5.41 Å². The van der Waals surface area contributed by atoms with Gasteiger partial charge in [-0.2, -0.15) is 0 Å². The van der Waals surface area contributed by atoms with Crippen LogP contribution in [0, 0.1) is 5.41 Å². The van der Waals surface area contributed by atoms with Crippen LogP contribution in [0.25, 0.3) is 0 Å². The number of aromatic nitrogens is 2. The zero-order valence-electron chi connectivity index (χ0n) is 10.2. The Morgan fingerprint density at radius 3 is 2.76 bits per heavy atom. The highest BCUT2D eigenvalue weighted by atomic mass is 32.1. The van der Waals surface area contributed by atoms with Gasteiger partial charge in [0.15, 0.2) is 0 Å². The Bertz CT molecular complexity index is 400. The third kappa shape index (κ3) is 2.94. The molecule has 0 unspecified atom stereocenters. The molecule has 0 aromatic carbocycles. The van der Waals surface area contributed by atoms with Gasteiger partial charge >= 0.3 is 0 Å². The molecule has 1 fully saturated rings. The Labute approximate surface area is 105 Å². The van der Waals surface area contributed by atoms with Gasteiger partial charge in [0.1, 0.15) is 0 Å². The van der Waals surface area contributed by atoms with Crippen molar-refractivity contribution in [1.29, 1.82) is 0 Å². The molecule has 1 saturated carbocycles. The predicted molar refractivity (Wildman–Crippen MR) is 68.4 cm³/mol. The number of hydrogen-bond acceptors (Lipinski definition) is 5. The number of carbonyl (C=O) groups is 1. The molecule has 0 spiro atoms. The van der Waals surface area contributed by atoms with E-state index in [4.69, 9.17) is 0 Å². The number of nitrogens with one attached hydrogen (secondary N) is 2. The summed E-state index contributed by atoms with van der Waals surface area (Å²) in [5, 5.41) is 14.6. The fourth-order valence-corrected chi connectivity index (χ4v) is 2.60. The van der Waals surface area contributed by atoms with Crippen LogP contribution >= 0.6 is 11.3 Å². The average Bonchev–Trinajstić information content (AvgIpc) is 2.93. The van der Waals surface area contributed by atoms with E-state index in [2.05, 4.69) is 27.8 Å². The van der Waals surface area contributed by atoms with Crippen molar-refractivity contribution in [2.75, 3.05) is 18.9 Å². The lowest BCUT2D eigenvalue weighted by atomic mass is 10.0. The first-order chi connectivity index (χ1) is 8.19. The first-order valence-corrected chi connectivity index (χ1v) is 6.80. The Hall–Kier alpha value is -1.17. The number of rotatable bonds is 6. The smallest absolute Gasteiger partial charge is 0.282 e. The molecular weight excluding hydrogens is 236 g/mol. The molecule has 0 saturated heterocycles. The topological polar surface area (TPSA) is 66.9 Å². The van der Waals surface area contributed by atoms with Gasteiger partial charge in [0.25, 0.3) is 5.91 Å². The van der Waals surface area contributed by atoms with Gasteiger partial charge in [-0.05, 0) is 24.7 Å². The molecule has 1 amide bonds. The minimum absolute atomic E-state index is 0.105. The van der Waals surface area contributed by atoms with Crippen LogP contribution < -0.4 is 10.6 Å². The van der Waals surface area contributed by atoms with Crippen LogP contribution in [-0.2, 0) is 0 Å². The zero-order chi connectivity index (χ0) is 12.3. The first-order valence-electron chi connectivity index (χ1n) is 5.98. The van der Waals surface area contributed by atoms with Gasteiger partial charge in [0, 0.05) is 13.6 Å². The van der Waals surface area contributed by atoms with E-state index in [0.29, 0.717) is 15.6 Å². The Balaban J connectivity index is 1.85. The lowest BCUT2D eigenvalue weighted by Crippen LogP contribution is -2.30. The highest BCUT2D eigenvalue weighted by Gasteiger charge is 2.41. The Morgan fingerprint density at radius 1 is 1.47 bits per heavy atom. The van der Waals surface area contributed by atoms with E-state index < -0.39 is 0 Å². The lowest BCUT2D eigenvalue weighted by molar-refractivity contribution is 0.0942. The monoisotopic (exact) mass is 254 g/mol. The van der Waals surface area contributed by atoms with E-state index >= 15 is 0 Å². The van der Waals surface area contributed by atoms with E-state index in [9.17, 15) is 4.79 Å². The predicted octanol–water partition coefficient (Wildman–Crippen LogP) is 1.89. The van der Waals surface area contributed by atoms with Crippen molar-refractivity contribution in [1.82, 2.24) is 15.5 Å². The maximum atomic E-state index is 11.8. The van der Waals surface area contributed by atoms with E-state index in [-0.39, 0.29) is 5.91 Å². The van der Waals surface area contributed by atoms with Crippen LogP contribution in [-0.4, -0.2) is 29.7 Å². The van der Waals surface area contributed by atoms with Gasteiger partial charge in [-0.1, -0.05) is 24.7 Å². The van der Waals surface area contributed by atoms with Gasteiger partial charge in [-0.3, -0.25) is 4.79 Å². The van der Waals surface area contributed by atoms with Crippen molar-refractivity contribution in [3.8, 4) is 0 Å². The largest absolute Gasteiger partial charge is 0.363 e. The summed E-state index contributed by atoms with van der Waals surface area (Å²) in [4.78, 5) is 11.8. The normalized spacial score (nSPS) is 16.6. The Kier molecular flexibility index (Phi) is 3.61. The highest BCUT2D eigenvalue weighted by Crippen LogP contribution is 2.48. The van der Waals surface area contributed by atoms with Gasteiger partial charge in [0.05, 0.1) is 0 Å². The molecule has 0 bridgehead atoms. The number of nitrogens with zero attached hydrogens (tertiary/aromatic N) is 2. The maximum absolute atomic E-state index is 11.8. The second-order valence-electron chi connectivity index (χ2n) is 4.60. The molecule has 17 heavy (non-hydrogen) atoms. The summed E-state index contributed by atoms with van der Waals surface area (Å²) in [6, 6.07) is 0. The van der Waals surface area contributed by atoms with Crippen molar-refractivity contribution in [3.63, 3.8) is 0 Å². The maximum Gasteiger partial charge on any atom is 0.282 e. The molecule has 2 rings (SSSR count). The lowest BCUT2D eigenvalue weighted by Gasteiger charge is -2.13. The molecule has 0 radical (unpaired) electrons. The molecular formula is C11H18N4OS. The van der Waals surface area contributed by atoms with Crippen LogP contribution in [0.15, 0.2) is 0 Å². The fourth-order valence-electron chi connectivity index (χ4n) is 1.98. The quantitative estimate of drug-likeness (QED) is 0.813. The van der Waals surface area contributed by atoms with Crippen molar-refractivity contribution >= 4 is 22.4 Å². The second-order valence-corrected chi connectivity index (χ2v) is 5.57. The summed E-state index contributed by atoms with van der Waals surface area (Å²) in [5.74, 6) is -0.105. The van der Waals surface area contributed by atoms with Gasteiger partial charge in [-0.15, -0.1) is 10.2 Å². The van der Waals surface area contributed by atoms with Gasteiger partial charge in [0.2, 0.25) is 10.1 Å². The third-order valence-electron chi connectivity index (χ3n) is 3.19. The summed E-state index contributed by atoms with van der Waals surface area (Å²) in [6.45, 7) is 2.96. The summed E-state index contributed by atoms with van der Waals surface area (Å²) in [5.41, 5.74) is 0.376. The minimum atomic E-state index is -0.105. The van der Waals surface area contributed by atoms with E-state index in [0.717, 1.165) is 6.54 Å². The minimum Gasteiger partial charge on any atom is -0.363 e. The number of carbonyl (C=O) groups excluding carboxylic acids is 1. The van der Waals surface area contributed by atoms with Crippen LogP contribution in [0.4, 0.5) is 5.13 Å². The van der Waals surface area contributed by atoms with Crippen LogP contribution in [0.1, 0.15) is 42.4 Å². The molecule has 1 heterocycles. The van der Waals surface area contributed by atoms with E-state index in [1.54, 1.807) is 7.05 Å². The van der Waals surface area contributed by atoms with Crippen molar-refractivity contribution in [3.05, 3.63) is 5.01 Å². The van der Waals surface area contributed by atoms with Crippen molar-refractivity contribution in [2.45, 2.75) is 32.6 Å². The standard InChI is InChI=1S/C11H18N4OS/c1-3-4-11(5-6-11)7-13-8(16)9-14-15-10(12-2)17-9/h3-7H2,1-2H3,(H,12,15)(H,13,16). The SMILES string of the molecule is CCCC1(CNC(=O)c2nnc(NC)s2)CC1. The number of anilines is 1. The number of amides is 1. The molecule has 0 aliphatic heterocycles. The molecule has 1 aliphatic carbocycles. The fraction of sp³-hybridized carbons (Fsp3) is 0.727. The summed E-state index contributed by atoms with van der Waals surface area (Å²) in [7, 11) is 1.77. The van der Waals surface area contributed by atoms with Crippen LogP contribution in [0.5, 0.6) is 0 Å². The van der Waals surface area contributed by atoms with Gasteiger partial charge < -0.3 is 10.6 Å². The third-order valence-corrected chi connectivity index (χ3v) is 4.13. The highest BCUT2D eigenvalue weighted by molar-refractivity contribution is 7.17. The molecule has 5 nitrogen and oxygen atoms in total. The van der Waals surface area contributed by atoms with Crippen LogP contribution in [0.2, 0.25) is 0 Å². The molecule has 1 aliphatic rings. The molecule has 94 valence electrons. The number of hydrogen-bond donors (Lipinski definition) is 2. The van der Waals surface area contributed by atoms with E-state index in [1.807, 2.05) is 0 Å². The Morgan fingerprint density at radius 2 is 2.24 bits per heavy atom. The zero-order valence-corrected chi connectivity index (χ0v) is 11.1. The van der Waals surface area contributed by atoms with Crippen LogP contribution in [0.3, 0.4) is 0 Å². The van der Waals surface area contributed by atoms with Gasteiger partial charge in [-0.25, -0.2) is 0 Å². The second kappa shape index (κ2) is 5.00. The molecule has 0 atom stereocenters. The average molecular weight is 254 g/mol. The summed E-state index contributed by atoms with van der Waals surface area (Å²) >= 11 is 1.28. The van der Waals surface area contributed by atoms with Crippen molar-refractivity contribution < 1.29 is 4.79 Å². The molecule has 1 aromatic heterocycles. The van der Waals surface area contributed by atoms with E-state index in [1.165, 1.54) is 37.0 Å². The molecule has 1 aromatic rings. The molecule has 2 N–H and O–H groups in total. The first kappa shape index (κ1) is 12.3.